The van der Waals surface area contributed by atoms with Crippen LogP contribution in [-0.4, -0.2) is 37.2 Å². The van der Waals surface area contributed by atoms with Gasteiger partial charge in [-0.25, -0.2) is 0 Å². The maximum absolute atomic E-state index is 12.8. The van der Waals surface area contributed by atoms with E-state index in [1.165, 1.54) is 89.9 Å². The van der Waals surface area contributed by atoms with E-state index in [-0.39, 0.29) is 31.1 Å². The molecular formula is C69H112O6. The molecule has 0 rings (SSSR count). The number of carbonyl (C=O) groups excluding carboxylic acids is 3. The van der Waals surface area contributed by atoms with Crippen molar-refractivity contribution in [3.63, 3.8) is 0 Å². The summed E-state index contributed by atoms with van der Waals surface area (Å²) in [6, 6.07) is 0. The molecule has 0 bridgehead atoms. The van der Waals surface area contributed by atoms with Crippen LogP contribution in [0, 0.1) is 0 Å². The van der Waals surface area contributed by atoms with Crippen LogP contribution in [0.5, 0.6) is 0 Å². The Morgan fingerprint density at radius 2 is 0.520 bits per heavy atom. The summed E-state index contributed by atoms with van der Waals surface area (Å²) in [4.78, 5) is 38.1. The SMILES string of the molecule is CC/C=C\C/C=C\C/C=C\C/C=C\C/C=C\C/C=C\C/C=C\C/C=C\C/C=C\C/C=C\CCCCC(=O)OCC(COC(=O)CCCCCCCCCCCCCC)OC(=O)CCCCCCC/C=C\CCCCC. The fourth-order valence-corrected chi connectivity index (χ4v) is 8.05. The molecule has 0 amide bonds. The molecule has 0 spiro atoms. The maximum Gasteiger partial charge on any atom is 0.306 e. The first kappa shape index (κ1) is 70.5. The van der Waals surface area contributed by atoms with Crippen molar-refractivity contribution in [1.82, 2.24) is 0 Å². The minimum atomic E-state index is -0.801. The highest BCUT2D eigenvalue weighted by Gasteiger charge is 2.19. The molecule has 1 unspecified atom stereocenters. The van der Waals surface area contributed by atoms with Crippen LogP contribution in [-0.2, 0) is 28.6 Å². The van der Waals surface area contributed by atoms with Gasteiger partial charge in [-0.1, -0.05) is 257 Å². The van der Waals surface area contributed by atoms with Crippen LogP contribution in [0.3, 0.4) is 0 Å². The molecule has 0 heterocycles. The van der Waals surface area contributed by atoms with Crippen molar-refractivity contribution >= 4 is 17.9 Å². The molecule has 75 heavy (non-hydrogen) atoms. The van der Waals surface area contributed by atoms with E-state index in [2.05, 4.69) is 154 Å². The Kier molecular flexibility index (Phi) is 58.4. The van der Waals surface area contributed by atoms with Gasteiger partial charge in [0.1, 0.15) is 13.2 Å². The lowest BCUT2D eigenvalue weighted by atomic mass is 10.0. The summed E-state index contributed by atoms with van der Waals surface area (Å²) in [6.45, 7) is 6.45. The fourth-order valence-electron chi connectivity index (χ4n) is 8.05. The van der Waals surface area contributed by atoms with Gasteiger partial charge in [-0.05, 0) is 122 Å². The largest absolute Gasteiger partial charge is 0.462 e. The summed E-state index contributed by atoms with van der Waals surface area (Å²) >= 11 is 0. The van der Waals surface area contributed by atoms with E-state index in [1.807, 2.05) is 0 Å². The summed E-state index contributed by atoms with van der Waals surface area (Å²) in [5, 5.41) is 0. The number of esters is 3. The van der Waals surface area contributed by atoms with Crippen LogP contribution in [0.15, 0.2) is 134 Å². The average Bonchev–Trinajstić information content (AvgIpc) is 3.41. The highest BCUT2D eigenvalue weighted by molar-refractivity contribution is 5.71. The van der Waals surface area contributed by atoms with E-state index in [4.69, 9.17) is 14.2 Å². The van der Waals surface area contributed by atoms with Gasteiger partial charge in [-0.2, -0.15) is 0 Å². The van der Waals surface area contributed by atoms with Gasteiger partial charge in [-0.3, -0.25) is 14.4 Å². The standard InChI is InChI=1S/C69H112O6/c1-4-7-10-13-16-19-22-25-26-27-28-29-30-31-32-33-34-35-36-37-38-39-40-41-42-43-44-45-48-50-53-56-59-62-68(71)74-65-66(75-69(72)63-60-57-54-51-47-24-21-18-15-12-9-6-3)64-73-67(70)61-58-55-52-49-46-23-20-17-14-11-8-5-2/h7,10,16,18-19,21,25-26,28-29,31-32,34-35,37-38,40-41,43-44,48,50,66H,4-6,8-9,11-15,17,20,22-24,27,30,33,36,39,42,45-47,49,51-65H2,1-3H3/b10-7-,19-16-,21-18-,26-25-,29-28-,32-31-,35-34-,38-37-,41-40-,44-43-,50-48-. The second kappa shape index (κ2) is 62.1. The van der Waals surface area contributed by atoms with Crippen molar-refractivity contribution in [1.29, 1.82) is 0 Å². The Labute approximate surface area is 462 Å². The molecule has 6 nitrogen and oxygen atoms in total. The zero-order valence-corrected chi connectivity index (χ0v) is 48.5. The number of unbranched alkanes of at least 4 members (excludes halogenated alkanes) is 21. The zero-order chi connectivity index (χ0) is 54.3. The third-order valence-corrected chi connectivity index (χ3v) is 12.6. The molecule has 6 heteroatoms. The molecule has 0 fully saturated rings. The van der Waals surface area contributed by atoms with E-state index >= 15 is 0 Å². The molecule has 0 aromatic heterocycles. The summed E-state index contributed by atoms with van der Waals surface area (Å²) < 4.78 is 16.8. The Hall–Kier alpha value is -4.45. The predicted octanol–water partition coefficient (Wildman–Crippen LogP) is 21.0. The van der Waals surface area contributed by atoms with Gasteiger partial charge in [0.05, 0.1) is 0 Å². The minimum Gasteiger partial charge on any atom is -0.462 e. The van der Waals surface area contributed by atoms with E-state index < -0.39 is 6.10 Å². The Morgan fingerprint density at radius 1 is 0.280 bits per heavy atom. The molecule has 0 aliphatic carbocycles. The lowest BCUT2D eigenvalue weighted by Gasteiger charge is -2.18. The summed E-state index contributed by atoms with van der Waals surface area (Å²) in [7, 11) is 0. The molecule has 0 radical (unpaired) electrons. The predicted molar refractivity (Wildman–Crippen MR) is 325 cm³/mol. The van der Waals surface area contributed by atoms with Crippen LogP contribution >= 0.6 is 0 Å². The molecule has 0 aromatic carbocycles. The molecule has 0 saturated carbocycles. The Balaban J connectivity index is 4.32. The van der Waals surface area contributed by atoms with Crippen LogP contribution in [0.1, 0.15) is 265 Å². The van der Waals surface area contributed by atoms with Gasteiger partial charge in [0.2, 0.25) is 0 Å². The second-order valence-corrected chi connectivity index (χ2v) is 19.9. The maximum atomic E-state index is 12.8. The number of hydrogen-bond acceptors (Lipinski definition) is 6. The smallest absolute Gasteiger partial charge is 0.306 e. The Bertz CT molecular complexity index is 1620. The van der Waals surface area contributed by atoms with E-state index in [1.54, 1.807) is 0 Å². The van der Waals surface area contributed by atoms with Crippen molar-refractivity contribution in [2.75, 3.05) is 13.2 Å². The molecule has 0 aliphatic rings. The van der Waals surface area contributed by atoms with Gasteiger partial charge in [0.15, 0.2) is 6.10 Å². The first-order chi connectivity index (χ1) is 37.0. The van der Waals surface area contributed by atoms with E-state index in [0.717, 1.165) is 128 Å². The molecule has 0 aromatic rings. The summed E-state index contributed by atoms with van der Waals surface area (Å²) in [5.74, 6) is -0.953. The van der Waals surface area contributed by atoms with Crippen molar-refractivity contribution in [3.05, 3.63) is 134 Å². The third kappa shape index (κ3) is 60.3. The minimum absolute atomic E-state index is 0.0960. The second-order valence-electron chi connectivity index (χ2n) is 19.9. The van der Waals surface area contributed by atoms with Gasteiger partial charge < -0.3 is 14.2 Å². The number of rotatable bonds is 54. The molecule has 424 valence electrons. The molecule has 0 N–H and O–H groups in total. The molecule has 0 saturated heterocycles. The fraction of sp³-hybridized carbons (Fsp3) is 0.638. The number of carbonyl (C=O) groups is 3. The summed E-state index contributed by atoms with van der Waals surface area (Å²) in [6.07, 6.45) is 87.5. The highest BCUT2D eigenvalue weighted by Crippen LogP contribution is 2.14. The van der Waals surface area contributed by atoms with Gasteiger partial charge in [-0.15, -0.1) is 0 Å². The summed E-state index contributed by atoms with van der Waals surface area (Å²) in [5.41, 5.74) is 0. The Morgan fingerprint density at radius 3 is 0.880 bits per heavy atom. The van der Waals surface area contributed by atoms with Crippen LogP contribution in [0.25, 0.3) is 0 Å². The normalized spacial score (nSPS) is 13.1. The van der Waals surface area contributed by atoms with Gasteiger partial charge in [0.25, 0.3) is 0 Å². The lowest BCUT2D eigenvalue weighted by molar-refractivity contribution is -0.167. The van der Waals surface area contributed by atoms with Crippen LogP contribution in [0.2, 0.25) is 0 Å². The monoisotopic (exact) mass is 1040 g/mol. The van der Waals surface area contributed by atoms with Gasteiger partial charge >= 0.3 is 17.9 Å². The molecule has 1 atom stereocenters. The third-order valence-electron chi connectivity index (χ3n) is 12.6. The van der Waals surface area contributed by atoms with E-state index in [9.17, 15) is 14.4 Å². The lowest BCUT2D eigenvalue weighted by Crippen LogP contribution is -2.30. The van der Waals surface area contributed by atoms with Crippen molar-refractivity contribution in [3.8, 4) is 0 Å². The van der Waals surface area contributed by atoms with Crippen molar-refractivity contribution in [2.45, 2.75) is 271 Å². The molecule has 0 aliphatic heterocycles. The van der Waals surface area contributed by atoms with E-state index in [0.29, 0.717) is 25.7 Å². The highest BCUT2D eigenvalue weighted by atomic mass is 16.6. The van der Waals surface area contributed by atoms with Crippen LogP contribution in [0.4, 0.5) is 0 Å². The van der Waals surface area contributed by atoms with Crippen molar-refractivity contribution < 1.29 is 28.6 Å². The number of ether oxygens (including phenoxy) is 3. The van der Waals surface area contributed by atoms with Crippen LogP contribution < -0.4 is 0 Å². The van der Waals surface area contributed by atoms with Crippen molar-refractivity contribution in [2.24, 2.45) is 0 Å². The quantitative estimate of drug-likeness (QED) is 0.0261. The topological polar surface area (TPSA) is 78.9 Å². The number of hydrogen-bond donors (Lipinski definition) is 0. The number of allylic oxidation sites excluding steroid dienone is 22. The molecular weight excluding hydrogens is 925 g/mol. The first-order valence-electron chi connectivity index (χ1n) is 30.7. The van der Waals surface area contributed by atoms with Gasteiger partial charge in [0, 0.05) is 19.3 Å². The first-order valence-corrected chi connectivity index (χ1v) is 30.7. The average molecular weight is 1040 g/mol. The zero-order valence-electron chi connectivity index (χ0n) is 48.5.